The summed E-state index contributed by atoms with van der Waals surface area (Å²) >= 11 is 3.47. The van der Waals surface area contributed by atoms with Gasteiger partial charge in [0.15, 0.2) is 0 Å². The first-order valence-electron chi connectivity index (χ1n) is 5.98. The van der Waals surface area contributed by atoms with Gasteiger partial charge in [-0.15, -0.1) is 0 Å². The molecule has 0 aromatic heterocycles. The van der Waals surface area contributed by atoms with Crippen molar-refractivity contribution in [2.45, 2.75) is 44.9 Å². The van der Waals surface area contributed by atoms with Gasteiger partial charge in [0, 0.05) is 4.47 Å². The molecule has 1 aliphatic rings. The first kappa shape index (κ1) is 12.6. The minimum absolute atomic E-state index is 0.654. The number of halogens is 1. The molecule has 0 saturated heterocycles. The largest absolute Gasteiger partial charge is 0.481 e. The minimum atomic E-state index is -0.671. The van der Waals surface area contributed by atoms with E-state index in [0.29, 0.717) is 0 Å². The molecule has 0 heterocycles. The molecule has 0 aliphatic heterocycles. The van der Waals surface area contributed by atoms with Crippen molar-refractivity contribution in [1.29, 1.82) is 0 Å². The summed E-state index contributed by atoms with van der Waals surface area (Å²) in [6.45, 7) is 4.06. The lowest BCUT2D eigenvalue weighted by atomic mass is 9.76. The SMILES string of the molecule is Cc1cc(Br)cc(C2(C(=O)O)CCCC2)c1C. The summed E-state index contributed by atoms with van der Waals surface area (Å²) in [5.41, 5.74) is 2.62. The van der Waals surface area contributed by atoms with Gasteiger partial charge in [-0.05, 0) is 55.5 Å². The molecule has 1 N–H and O–H groups in total. The van der Waals surface area contributed by atoms with Gasteiger partial charge in [-0.3, -0.25) is 4.79 Å². The minimum Gasteiger partial charge on any atom is -0.481 e. The number of carboxylic acids is 1. The summed E-state index contributed by atoms with van der Waals surface area (Å²) in [4.78, 5) is 11.7. The average molecular weight is 297 g/mol. The molecule has 0 atom stereocenters. The fourth-order valence-corrected chi connectivity index (χ4v) is 3.46. The molecule has 1 fully saturated rings. The standard InChI is InChI=1S/C14H17BrO2/c1-9-7-11(15)8-12(10(9)2)14(13(16)17)5-3-4-6-14/h7-8H,3-6H2,1-2H3,(H,16,17). The lowest BCUT2D eigenvalue weighted by molar-refractivity contribution is -0.143. The molecule has 0 bridgehead atoms. The van der Waals surface area contributed by atoms with E-state index >= 15 is 0 Å². The molecule has 1 aromatic rings. The molecule has 0 unspecified atom stereocenters. The number of rotatable bonds is 2. The smallest absolute Gasteiger partial charge is 0.314 e. The van der Waals surface area contributed by atoms with Gasteiger partial charge < -0.3 is 5.11 Å². The molecule has 1 aliphatic carbocycles. The Bertz CT molecular complexity index is 460. The number of benzene rings is 1. The topological polar surface area (TPSA) is 37.3 Å². The monoisotopic (exact) mass is 296 g/mol. The molecule has 1 aromatic carbocycles. The Kier molecular flexibility index (Phi) is 3.30. The Morgan fingerprint density at radius 3 is 2.41 bits per heavy atom. The summed E-state index contributed by atoms with van der Waals surface area (Å²) in [6.07, 6.45) is 3.55. The van der Waals surface area contributed by atoms with Crippen LogP contribution >= 0.6 is 15.9 Å². The van der Waals surface area contributed by atoms with Gasteiger partial charge in [0.1, 0.15) is 0 Å². The van der Waals surface area contributed by atoms with Crippen LogP contribution in [0, 0.1) is 13.8 Å². The highest BCUT2D eigenvalue weighted by atomic mass is 79.9. The predicted molar refractivity (Wildman–Crippen MR) is 71.4 cm³/mol. The Balaban J connectivity index is 2.62. The molecule has 0 spiro atoms. The zero-order valence-electron chi connectivity index (χ0n) is 10.2. The van der Waals surface area contributed by atoms with Crippen molar-refractivity contribution in [3.63, 3.8) is 0 Å². The molecule has 2 rings (SSSR count). The highest BCUT2D eigenvalue weighted by molar-refractivity contribution is 9.10. The van der Waals surface area contributed by atoms with E-state index in [1.807, 2.05) is 26.0 Å². The second-order valence-corrected chi connectivity index (χ2v) is 5.91. The van der Waals surface area contributed by atoms with Crippen LogP contribution in [0.4, 0.5) is 0 Å². The molecule has 3 heteroatoms. The Hall–Kier alpha value is -0.830. The number of hydrogen-bond acceptors (Lipinski definition) is 1. The Labute approximate surface area is 110 Å². The van der Waals surface area contributed by atoms with Gasteiger partial charge in [-0.2, -0.15) is 0 Å². The average Bonchev–Trinajstić information content (AvgIpc) is 2.73. The zero-order valence-corrected chi connectivity index (χ0v) is 11.8. The van der Waals surface area contributed by atoms with Gasteiger partial charge >= 0.3 is 5.97 Å². The maximum Gasteiger partial charge on any atom is 0.314 e. The van der Waals surface area contributed by atoms with Crippen LogP contribution in [0.1, 0.15) is 42.4 Å². The summed E-state index contributed by atoms with van der Waals surface area (Å²) in [5, 5.41) is 9.61. The van der Waals surface area contributed by atoms with Crippen LogP contribution in [-0.4, -0.2) is 11.1 Å². The second kappa shape index (κ2) is 4.45. The van der Waals surface area contributed by atoms with Crippen molar-refractivity contribution in [1.82, 2.24) is 0 Å². The van der Waals surface area contributed by atoms with Crippen LogP contribution in [0.3, 0.4) is 0 Å². The van der Waals surface area contributed by atoms with Crippen LogP contribution in [0.5, 0.6) is 0 Å². The van der Waals surface area contributed by atoms with Crippen molar-refractivity contribution >= 4 is 21.9 Å². The van der Waals surface area contributed by atoms with E-state index in [9.17, 15) is 9.90 Å². The van der Waals surface area contributed by atoms with E-state index < -0.39 is 11.4 Å². The summed E-state index contributed by atoms with van der Waals surface area (Å²) in [5.74, 6) is -0.671. The van der Waals surface area contributed by atoms with E-state index in [2.05, 4.69) is 15.9 Å². The Morgan fingerprint density at radius 2 is 1.88 bits per heavy atom. The number of hydrogen-bond donors (Lipinski definition) is 1. The molecule has 0 amide bonds. The van der Waals surface area contributed by atoms with Crippen molar-refractivity contribution in [3.8, 4) is 0 Å². The number of carbonyl (C=O) groups is 1. The van der Waals surface area contributed by atoms with Gasteiger partial charge in [0.05, 0.1) is 5.41 Å². The maximum absolute atomic E-state index is 11.7. The molecule has 92 valence electrons. The number of aryl methyl sites for hydroxylation is 1. The molecular weight excluding hydrogens is 280 g/mol. The third-order valence-electron chi connectivity index (χ3n) is 4.01. The summed E-state index contributed by atoms with van der Waals surface area (Å²) in [6, 6.07) is 4.03. The van der Waals surface area contributed by atoms with Gasteiger partial charge in [-0.25, -0.2) is 0 Å². The highest BCUT2D eigenvalue weighted by Gasteiger charge is 2.44. The molecule has 2 nitrogen and oxygen atoms in total. The number of aliphatic carboxylic acids is 1. The molecule has 1 saturated carbocycles. The van der Waals surface area contributed by atoms with E-state index in [4.69, 9.17) is 0 Å². The van der Waals surface area contributed by atoms with E-state index in [1.54, 1.807) is 0 Å². The lowest BCUT2D eigenvalue weighted by Gasteiger charge is -2.27. The quantitative estimate of drug-likeness (QED) is 0.897. The maximum atomic E-state index is 11.7. The number of carboxylic acid groups (broad SMARTS) is 1. The molecular formula is C14H17BrO2. The fourth-order valence-electron chi connectivity index (χ4n) is 2.89. The van der Waals surface area contributed by atoms with Gasteiger partial charge in [0.25, 0.3) is 0 Å². The van der Waals surface area contributed by atoms with Crippen LogP contribution in [0.2, 0.25) is 0 Å². The van der Waals surface area contributed by atoms with E-state index in [1.165, 1.54) is 0 Å². The Morgan fingerprint density at radius 1 is 1.29 bits per heavy atom. The highest BCUT2D eigenvalue weighted by Crippen LogP contribution is 2.44. The van der Waals surface area contributed by atoms with Gasteiger partial charge in [0.2, 0.25) is 0 Å². The third-order valence-corrected chi connectivity index (χ3v) is 4.47. The van der Waals surface area contributed by atoms with Gasteiger partial charge in [-0.1, -0.05) is 28.8 Å². The van der Waals surface area contributed by atoms with Crippen LogP contribution in [0.25, 0.3) is 0 Å². The summed E-state index contributed by atoms with van der Waals surface area (Å²) < 4.78 is 0.975. The molecule has 0 radical (unpaired) electrons. The summed E-state index contributed by atoms with van der Waals surface area (Å²) in [7, 11) is 0. The lowest BCUT2D eigenvalue weighted by Crippen LogP contribution is -2.33. The fraction of sp³-hybridized carbons (Fsp3) is 0.500. The normalized spacial score (nSPS) is 18.3. The first-order valence-corrected chi connectivity index (χ1v) is 6.77. The van der Waals surface area contributed by atoms with Crippen molar-refractivity contribution in [2.75, 3.05) is 0 Å². The van der Waals surface area contributed by atoms with E-state index in [0.717, 1.165) is 46.8 Å². The van der Waals surface area contributed by atoms with Crippen LogP contribution in [0.15, 0.2) is 16.6 Å². The van der Waals surface area contributed by atoms with Crippen molar-refractivity contribution < 1.29 is 9.90 Å². The van der Waals surface area contributed by atoms with Crippen molar-refractivity contribution in [3.05, 3.63) is 33.3 Å². The van der Waals surface area contributed by atoms with Crippen molar-refractivity contribution in [2.24, 2.45) is 0 Å². The van der Waals surface area contributed by atoms with Crippen LogP contribution < -0.4 is 0 Å². The van der Waals surface area contributed by atoms with Crippen LogP contribution in [-0.2, 0) is 10.2 Å². The first-order chi connectivity index (χ1) is 7.97. The predicted octanol–water partition coefficient (Wildman–Crippen LogP) is 3.96. The molecule has 17 heavy (non-hydrogen) atoms. The zero-order chi connectivity index (χ0) is 12.6. The van der Waals surface area contributed by atoms with E-state index in [-0.39, 0.29) is 0 Å². The second-order valence-electron chi connectivity index (χ2n) is 4.99. The third kappa shape index (κ3) is 2.01.